The van der Waals surface area contributed by atoms with Gasteiger partial charge in [-0.1, -0.05) is 23.7 Å². The average Bonchev–Trinajstić information content (AvgIpc) is 3.36. The molecule has 1 saturated heterocycles. The highest BCUT2D eigenvalue weighted by atomic mass is 35.5. The molecular weight excluding hydrogens is 590 g/mol. The Morgan fingerprint density at radius 2 is 1.84 bits per heavy atom. The van der Waals surface area contributed by atoms with Crippen molar-refractivity contribution in [3.8, 4) is 5.75 Å². The van der Waals surface area contributed by atoms with E-state index in [1.807, 2.05) is 13.0 Å². The van der Waals surface area contributed by atoms with Gasteiger partial charge in [-0.2, -0.15) is 4.98 Å². The largest absolute Gasteiger partial charge is 0.488 e. The fraction of sp³-hybridized carbons (Fsp3) is 0.452. The number of carbonyl (C=O) groups is 1. The fourth-order valence-corrected chi connectivity index (χ4v) is 7.24. The highest BCUT2D eigenvalue weighted by molar-refractivity contribution is 7.92. The minimum absolute atomic E-state index is 0.00391. The molecule has 0 spiro atoms. The summed E-state index contributed by atoms with van der Waals surface area (Å²) in [7, 11) is -3.55. The number of anilines is 4. The highest BCUT2D eigenvalue weighted by Crippen LogP contribution is 2.46. The number of fused-ring (bicyclic) bond motifs is 1. The molecule has 43 heavy (non-hydrogen) atoms. The van der Waals surface area contributed by atoms with Crippen molar-refractivity contribution in [2.24, 2.45) is 0 Å². The summed E-state index contributed by atoms with van der Waals surface area (Å²) in [6.07, 6.45) is 2.87. The molecule has 0 saturated carbocycles. The van der Waals surface area contributed by atoms with Crippen molar-refractivity contribution in [3.63, 3.8) is 0 Å². The Labute approximate surface area is 257 Å². The Bertz CT molecular complexity index is 1640. The number of hydrogen-bond donors (Lipinski definition) is 3. The normalized spacial score (nSPS) is 17.9. The first kappa shape index (κ1) is 31.0. The van der Waals surface area contributed by atoms with Crippen molar-refractivity contribution in [2.45, 2.75) is 82.2 Å². The van der Waals surface area contributed by atoms with E-state index in [-0.39, 0.29) is 39.6 Å². The van der Waals surface area contributed by atoms with Crippen LogP contribution in [0.25, 0.3) is 0 Å². The van der Waals surface area contributed by atoms with E-state index in [9.17, 15) is 18.3 Å². The van der Waals surface area contributed by atoms with Crippen molar-refractivity contribution < 1.29 is 23.1 Å². The van der Waals surface area contributed by atoms with Gasteiger partial charge in [0.15, 0.2) is 15.7 Å². The number of aliphatic hydroxyl groups is 1. The number of sulfone groups is 1. The zero-order chi connectivity index (χ0) is 31.1. The van der Waals surface area contributed by atoms with Gasteiger partial charge in [0.25, 0.3) is 5.91 Å². The summed E-state index contributed by atoms with van der Waals surface area (Å²) in [5, 5.41) is 15.8. The van der Waals surface area contributed by atoms with Crippen molar-refractivity contribution >= 4 is 50.5 Å². The SMILES string of the molecule is Cc1cc(Nc2ncc(Cl)c(Nc3ccccc3S(=O)(=O)C(C)C)n2)c2c(c1C1CCN(C(=O)C(C)O)CC1)CC(C)O2. The molecule has 2 aliphatic heterocycles. The highest BCUT2D eigenvalue weighted by Gasteiger charge is 2.33. The number of nitrogens with one attached hydrogen (secondary N) is 2. The molecule has 3 aromatic rings. The van der Waals surface area contributed by atoms with Crippen molar-refractivity contribution in [1.29, 1.82) is 0 Å². The van der Waals surface area contributed by atoms with Crippen LogP contribution >= 0.6 is 11.6 Å². The Balaban J connectivity index is 1.42. The molecule has 3 heterocycles. The van der Waals surface area contributed by atoms with Gasteiger partial charge in [0, 0.05) is 25.1 Å². The molecule has 1 fully saturated rings. The molecule has 1 aromatic heterocycles. The molecule has 2 atom stereocenters. The van der Waals surface area contributed by atoms with Crippen LogP contribution in [-0.4, -0.2) is 64.8 Å². The van der Waals surface area contributed by atoms with E-state index in [1.54, 1.807) is 43.0 Å². The Morgan fingerprint density at radius 3 is 2.51 bits per heavy atom. The molecule has 5 rings (SSSR count). The number of halogens is 1. The zero-order valence-electron chi connectivity index (χ0n) is 25.0. The molecule has 2 aliphatic rings. The predicted molar refractivity (Wildman–Crippen MR) is 168 cm³/mol. The van der Waals surface area contributed by atoms with Gasteiger partial charge >= 0.3 is 0 Å². The van der Waals surface area contributed by atoms with Gasteiger partial charge in [-0.15, -0.1) is 0 Å². The van der Waals surface area contributed by atoms with Gasteiger partial charge in [0.05, 0.1) is 27.7 Å². The smallest absolute Gasteiger partial charge is 0.251 e. The van der Waals surface area contributed by atoms with Crippen LogP contribution in [0.2, 0.25) is 5.02 Å². The maximum atomic E-state index is 13.0. The fourth-order valence-electron chi connectivity index (χ4n) is 5.90. The van der Waals surface area contributed by atoms with Crippen molar-refractivity contribution in [3.05, 3.63) is 58.2 Å². The van der Waals surface area contributed by atoms with Gasteiger partial charge < -0.3 is 25.4 Å². The monoisotopic (exact) mass is 627 g/mol. The Morgan fingerprint density at radius 1 is 1.14 bits per heavy atom. The second-order valence-corrected chi connectivity index (χ2v) is 14.5. The first-order valence-corrected chi connectivity index (χ1v) is 16.5. The lowest BCUT2D eigenvalue weighted by molar-refractivity contribution is -0.140. The summed E-state index contributed by atoms with van der Waals surface area (Å²) in [6, 6.07) is 8.70. The van der Waals surface area contributed by atoms with Gasteiger partial charge in [-0.25, -0.2) is 13.4 Å². The minimum atomic E-state index is -3.55. The Kier molecular flexibility index (Phi) is 8.87. The lowest BCUT2D eigenvalue weighted by atomic mass is 9.82. The number of nitrogens with zero attached hydrogens (tertiary/aromatic N) is 3. The number of benzene rings is 2. The summed E-state index contributed by atoms with van der Waals surface area (Å²) < 4.78 is 32.2. The number of rotatable bonds is 8. The number of aromatic nitrogens is 2. The van der Waals surface area contributed by atoms with Crippen molar-refractivity contribution in [2.75, 3.05) is 23.7 Å². The molecule has 230 valence electrons. The summed E-state index contributed by atoms with van der Waals surface area (Å²) >= 11 is 6.44. The van der Waals surface area contributed by atoms with Crippen LogP contribution in [0.5, 0.6) is 5.75 Å². The van der Waals surface area contributed by atoms with E-state index < -0.39 is 21.2 Å². The second kappa shape index (κ2) is 12.3. The molecular formula is C31H38ClN5O5S. The number of aryl methyl sites for hydroxylation is 1. The molecule has 2 aromatic carbocycles. The summed E-state index contributed by atoms with van der Waals surface area (Å²) in [4.78, 5) is 23.2. The number of aliphatic hydroxyl groups excluding tert-OH is 1. The van der Waals surface area contributed by atoms with Crippen LogP contribution in [0.3, 0.4) is 0 Å². The van der Waals surface area contributed by atoms with Crippen LogP contribution in [-0.2, 0) is 21.1 Å². The molecule has 1 amide bonds. The number of piperidine rings is 1. The van der Waals surface area contributed by atoms with E-state index in [1.165, 1.54) is 18.7 Å². The lowest BCUT2D eigenvalue weighted by Crippen LogP contribution is -2.42. The number of likely N-dealkylation sites (tertiary alicyclic amines) is 1. The summed E-state index contributed by atoms with van der Waals surface area (Å²) in [6.45, 7) is 10.1. The number of para-hydroxylation sites is 1. The molecule has 0 bridgehead atoms. The van der Waals surface area contributed by atoms with Gasteiger partial charge in [-0.05, 0) is 82.7 Å². The third-order valence-electron chi connectivity index (χ3n) is 8.07. The summed E-state index contributed by atoms with van der Waals surface area (Å²) in [5.41, 5.74) is 4.63. The number of hydrogen-bond acceptors (Lipinski definition) is 9. The van der Waals surface area contributed by atoms with Crippen LogP contribution in [0.15, 0.2) is 41.4 Å². The van der Waals surface area contributed by atoms with E-state index in [4.69, 9.17) is 16.3 Å². The van der Waals surface area contributed by atoms with Crippen LogP contribution < -0.4 is 15.4 Å². The third-order valence-corrected chi connectivity index (χ3v) is 10.6. The molecule has 12 heteroatoms. The number of amides is 1. The van der Waals surface area contributed by atoms with Gasteiger partial charge in [-0.3, -0.25) is 4.79 Å². The van der Waals surface area contributed by atoms with Crippen molar-refractivity contribution in [1.82, 2.24) is 14.9 Å². The molecule has 3 N–H and O–H groups in total. The predicted octanol–water partition coefficient (Wildman–Crippen LogP) is 5.52. The quantitative estimate of drug-likeness (QED) is 0.295. The van der Waals surface area contributed by atoms with E-state index >= 15 is 0 Å². The number of ether oxygens (including phenoxy) is 1. The van der Waals surface area contributed by atoms with Gasteiger partial charge in [0.1, 0.15) is 23.0 Å². The molecule has 2 unspecified atom stereocenters. The van der Waals surface area contributed by atoms with Gasteiger partial charge in [0.2, 0.25) is 5.95 Å². The van der Waals surface area contributed by atoms with Crippen LogP contribution in [0, 0.1) is 6.92 Å². The topological polar surface area (TPSA) is 134 Å². The van der Waals surface area contributed by atoms with E-state index in [2.05, 4.69) is 27.5 Å². The summed E-state index contributed by atoms with van der Waals surface area (Å²) in [5.74, 6) is 1.36. The van der Waals surface area contributed by atoms with E-state index in [0.29, 0.717) is 18.8 Å². The first-order valence-electron chi connectivity index (χ1n) is 14.6. The number of carbonyl (C=O) groups excluding carboxylic acids is 1. The Hall–Kier alpha value is -3.41. The zero-order valence-corrected chi connectivity index (χ0v) is 26.6. The lowest BCUT2D eigenvalue weighted by Gasteiger charge is -2.34. The second-order valence-electron chi connectivity index (χ2n) is 11.6. The molecule has 10 nitrogen and oxygen atoms in total. The molecule has 0 radical (unpaired) electrons. The standard InChI is InChI=1S/C31H38ClN5O5S/c1-17(2)43(40,41)26-9-7-6-8-24(26)34-29-23(32)16-33-31(36-29)35-25-14-18(3)27(22-15-19(4)42-28(22)25)21-10-12-37(13-11-21)30(39)20(5)38/h6-9,14,16-17,19-21,38H,10-13,15H2,1-5H3,(H2,33,34,35,36). The van der Waals surface area contributed by atoms with Crippen LogP contribution in [0.1, 0.15) is 63.1 Å². The average molecular weight is 628 g/mol. The minimum Gasteiger partial charge on any atom is -0.488 e. The van der Waals surface area contributed by atoms with Crippen LogP contribution in [0.4, 0.5) is 23.1 Å². The van der Waals surface area contributed by atoms with E-state index in [0.717, 1.165) is 41.8 Å². The molecule has 0 aliphatic carbocycles. The first-order chi connectivity index (χ1) is 20.4. The third kappa shape index (κ3) is 6.30. The maximum absolute atomic E-state index is 13.0. The maximum Gasteiger partial charge on any atom is 0.251 e.